The van der Waals surface area contributed by atoms with Gasteiger partial charge in [0.2, 0.25) is 0 Å². The van der Waals surface area contributed by atoms with Crippen LogP contribution in [0.1, 0.15) is 33.1 Å². The Kier molecular flexibility index (Phi) is 4.24. The number of aromatic nitrogens is 1. The lowest BCUT2D eigenvalue weighted by atomic mass is 10.1. The molecule has 0 saturated carbocycles. The zero-order chi connectivity index (χ0) is 12.1. The summed E-state index contributed by atoms with van der Waals surface area (Å²) in [7, 11) is 0. The first-order valence-electron chi connectivity index (χ1n) is 6.79. The van der Waals surface area contributed by atoms with E-state index in [4.69, 9.17) is 0 Å². The molecule has 3 nitrogen and oxygen atoms in total. The van der Waals surface area contributed by atoms with Crippen LogP contribution in [0.2, 0.25) is 0 Å². The second-order valence-electron chi connectivity index (χ2n) is 4.82. The van der Waals surface area contributed by atoms with Crippen LogP contribution in [0.15, 0.2) is 18.2 Å². The molecule has 2 heterocycles. The van der Waals surface area contributed by atoms with Crippen LogP contribution in [0.25, 0.3) is 0 Å². The van der Waals surface area contributed by atoms with Gasteiger partial charge in [0.25, 0.3) is 0 Å². The zero-order valence-electron chi connectivity index (χ0n) is 10.9. The van der Waals surface area contributed by atoms with Gasteiger partial charge in [-0.2, -0.15) is 0 Å². The van der Waals surface area contributed by atoms with Crippen LogP contribution >= 0.6 is 0 Å². The summed E-state index contributed by atoms with van der Waals surface area (Å²) in [6.07, 6.45) is 3.72. The third-order valence-corrected chi connectivity index (χ3v) is 3.48. The summed E-state index contributed by atoms with van der Waals surface area (Å²) in [6, 6.07) is 6.27. The third kappa shape index (κ3) is 3.11. The number of rotatable bonds is 5. The maximum absolute atomic E-state index is 4.68. The number of hydrogen-bond donors (Lipinski definition) is 1. The Labute approximate surface area is 104 Å². The maximum Gasteiger partial charge on any atom is 0.130 e. The van der Waals surface area contributed by atoms with E-state index in [2.05, 4.69) is 41.2 Å². The number of hydrogen-bond acceptors (Lipinski definition) is 3. The van der Waals surface area contributed by atoms with E-state index in [9.17, 15) is 0 Å². The van der Waals surface area contributed by atoms with Crippen molar-refractivity contribution in [3.05, 3.63) is 18.2 Å². The summed E-state index contributed by atoms with van der Waals surface area (Å²) in [5.74, 6) is 2.98. The Balaban J connectivity index is 2.01. The molecule has 0 aromatic carbocycles. The Bertz CT molecular complexity index is 351. The number of pyridine rings is 1. The zero-order valence-corrected chi connectivity index (χ0v) is 10.9. The van der Waals surface area contributed by atoms with Gasteiger partial charge in [0.05, 0.1) is 0 Å². The number of anilines is 2. The summed E-state index contributed by atoms with van der Waals surface area (Å²) in [5.41, 5.74) is 0. The molecule has 0 aliphatic carbocycles. The van der Waals surface area contributed by atoms with Gasteiger partial charge < -0.3 is 10.2 Å². The van der Waals surface area contributed by atoms with Crippen molar-refractivity contribution in [2.75, 3.05) is 29.9 Å². The minimum Gasteiger partial charge on any atom is -0.370 e. The molecule has 1 aromatic heterocycles. The highest BCUT2D eigenvalue weighted by atomic mass is 15.2. The molecule has 1 N–H and O–H groups in total. The van der Waals surface area contributed by atoms with Gasteiger partial charge in [0.15, 0.2) is 0 Å². The van der Waals surface area contributed by atoms with Crippen molar-refractivity contribution >= 4 is 11.6 Å². The van der Waals surface area contributed by atoms with Crippen molar-refractivity contribution in [2.45, 2.75) is 33.1 Å². The van der Waals surface area contributed by atoms with Crippen LogP contribution in [-0.2, 0) is 0 Å². The predicted molar refractivity (Wildman–Crippen MR) is 73.6 cm³/mol. The molecule has 0 radical (unpaired) electrons. The van der Waals surface area contributed by atoms with E-state index in [1.807, 2.05) is 6.07 Å². The van der Waals surface area contributed by atoms with Gasteiger partial charge >= 0.3 is 0 Å². The first-order chi connectivity index (χ1) is 8.33. The normalized spacial score (nSPS) is 19.6. The molecule has 17 heavy (non-hydrogen) atoms. The van der Waals surface area contributed by atoms with Gasteiger partial charge in [-0.25, -0.2) is 4.98 Å². The molecule has 0 bridgehead atoms. The lowest BCUT2D eigenvalue weighted by Crippen LogP contribution is -2.21. The smallest absolute Gasteiger partial charge is 0.130 e. The van der Waals surface area contributed by atoms with Crippen LogP contribution < -0.4 is 10.2 Å². The molecule has 2 rings (SSSR count). The first-order valence-corrected chi connectivity index (χ1v) is 6.79. The van der Waals surface area contributed by atoms with Crippen molar-refractivity contribution < 1.29 is 0 Å². The van der Waals surface area contributed by atoms with E-state index in [0.717, 1.165) is 37.1 Å². The fraction of sp³-hybridized carbons (Fsp3) is 0.643. The molecular formula is C14H23N3. The highest BCUT2D eigenvalue weighted by Crippen LogP contribution is 2.24. The summed E-state index contributed by atoms with van der Waals surface area (Å²) < 4.78 is 0. The quantitative estimate of drug-likeness (QED) is 0.847. The minimum absolute atomic E-state index is 0.851. The molecule has 1 aliphatic heterocycles. The Morgan fingerprint density at radius 3 is 3.00 bits per heavy atom. The molecule has 1 aliphatic rings. The van der Waals surface area contributed by atoms with E-state index >= 15 is 0 Å². The van der Waals surface area contributed by atoms with Crippen LogP contribution in [0.5, 0.6) is 0 Å². The lowest BCUT2D eigenvalue weighted by Gasteiger charge is -2.18. The molecule has 3 heteroatoms. The molecule has 94 valence electrons. The van der Waals surface area contributed by atoms with Gasteiger partial charge in [0.1, 0.15) is 11.6 Å². The molecule has 1 atom stereocenters. The third-order valence-electron chi connectivity index (χ3n) is 3.48. The van der Waals surface area contributed by atoms with Gasteiger partial charge in [-0.3, -0.25) is 0 Å². The van der Waals surface area contributed by atoms with E-state index in [1.54, 1.807) is 0 Å². The Morgan fingerprint density at radius 1 is 1.41 bits per heavy atom. The van der Waals surface area contributed by atoms with Gasteiger partial charge in [-0.05, 0) is 30.9 Å². The summed E-state index contributed by atoms with van der Waals surface area (Å²) in [4.78, 5) is 7.08. The number of nitrogens with one attached hydrogen (secondary N) is 1. The van der Waals surface area contributed by atoms with Crippen LogP contribution in [0.4, 0.5) is 11.6 Å². The molecule has 0 amide bonds. The Hall–Kier alpha value is -1.25. The van der Waals surface area contributed by atoms with Crippen molar-refractivity contribution in [3.8, 4) is 0 Å². The van der Waals surface area contributed by atoms with Crippen molar-refractivity contribution in [1.29, 1.82) is 0 Å². The van der Waals surface area contributed by atoms with Crippen LogP contribution in [0.3, 0.4) is 0 Å². The SMILES string of the molecule is CCCNc1cccc(N2CCC(CC)C2)n1. The molecule has 1 saturated heterocycles. The van der Waals surface area contributed by atoms with E-state index in [-0.39, 0.29) is 0 Å². The molecule has 1 unspecified atom stereocenters. The second-order valence-corrected chi connectivity index (χ2v) is 4.82. The van der Waals surface area contributed by atoms with Crippen molar-refractivity contribution in [1.82, 2.24) is 4.98 Å². The molecule has 0 spiro atoms. The maximum atomic E-state index is 4.68. The fourth-order valence-corrected chi connectivity index (χ4v) is 2.32. The molecular weight excluding hydrogens is 210 g/mol. The van der Waals surface area contributed by atoms with Crippen LogP contribution in [-0.4, -0.2) is 24.6 Å². The molecule has 1 aromatic rings. The Morgan fingerprint density at radius 2 is 2.29 bits per heavy atom. The van der Waals surface area contributed by atoms with E-state index in [1.165, 1.54) is 19.4 Å². The first kappa shape index (κ1) is 12.2. The van der Waals surface area contributed by atoms with Gasteiger partial charge in [-0.1, -0.05) is 26.3 Å². The fourth-order valence-electron chi connectivity index (χ4n) is 2.32. The summed E-state index contributed by atoms with van der Waals surface area (Å²) in [6.45, 7) is 7.77. The largest absolute Gasteiger partial charge is 0.370 e. The van der Waals surface area contributed by atoms with E-state index < -0.39 is 0 Å². The van der Waals surface area contributed by atoms with Crippen LogP contribution in [0, 0.1) is 5.92 Å². The lowest BCUT2D eigenvalue weighted by molar-refractivity contribution is 0.569. The monoisotopic (exact) mass is 233 g/mol. The highest BCUT2D eigenvalue weighted by Gasteiger charge is 2.21. The predicted octanol–water partition coefficient (Wildman–Crippen LogP) is 3.14. The highest BCUT2D eigenvalue weighted by molar-refractivity contribution is 5.47. The minimum atomic E-state index is 0.851. The standard InChI is InChI=1S/C14H23N3/c1-3-9-15-13-6-5-7-14(16-13)17-10-8-12(4-2)11-17/h5-7,12H,3-4,8-11H2,1-2H3,(H,15,16). The molecule has 1 fully saturated rings. The average Bonchev–Trinajstić information content (AvgIpc) is 2.85. The average molecular weight is 233 g/mol. The second kappa shape index (κ2) is 5.89. The van der Waals surface area contributed by atoms with E-state index in [0.29, 0.717) is 0 Å². The summed E-state index contributed by atoms with van der Waals surface area (Å²) >= 11 is 0. The van der Waals surface area contributed by atoms with Gasteiger partial charge in [-0.15, -0.1) is 0 Å². The number of nitrogens with zero attached hydrogens (tertiary/aromatic N) is 2. The van der Waals surface area contributed by atoms with Gasteiger partial charge in [0, 0.05) is 19.6 Å². The summed E-state index contributed by atoms with van der Waals surface area (Å²) in [5, 5.41) is 3.35. The van der Waals surface area contributed by atoms with Crippen molar-refractivity contribution in [2.24, 2.45) is 5.92 Å². The topological polar surface area (TPSA) is 28.2 Å². The van der Waals surface area contributed by atoms with Crippen molar-refractivity contribution in [3.63, 3.8) is 0 Å².